The molecule has 2 aromatic carbocycles. The SMILES string of the molecule is O=C(COc1ccccc1F)NCc1ccc(NC(=O)c2ccco2)cc1. The van der Waals surface area contributed by atoms with Gasteiger partial charge in [0, 0.05) is 12.2 Å². The topological polar surface area (TPSA) is 80.6 Å². The quantitative estimate of drug-likeness (QED) is 0.670. The number of para-hydroxylation sites is 1. The van der Waals surface area contributed by atoms with Gasteiger partial charge in [0.05, 0.1) is 6.26 Å². The second kappa shape index (κ2) is 8.66. The van der Waals surface area contributed by atoms with E-state index in [1.165, 1.54) is 18.4 Å². The number of nitrogens with one attached hydrogen (secondary N) is 2. The van der Waals surface area contributed by atoms with Gasteiger partial charge in [0.25, 0.3) is 11.8 Å². The number of hydrogen-bond acceptors (Lipinski definition) is 4. The molecule has 6 nitrogen and oxygen atoms in total. The van der Waals surface area contributed by atoms with Gasteiger partial charge in [-0.3, -0.25) is 9.59 Å². The Morgan fingerprint density at radius 3 is 2.48 bits per heavy atom. The highest BCUT2D eigenvalue weighted by Gasteiger charge is 2.09. The summed E-state index contributed by atoms with van der Waals surface area (Å²) in [4.78, 5) is 23.7. The van der Waals surface area contributed by atoms with Crippen LogP contribution in [0.5, 0.6) is 5.75 Å². The third-order valence-electron chi connectivity index (χ3n) is 3.64. The molecule has 0 saturated heterocycles. The van der Waals surface area contributed by atoms with Crippen molar-refractivity contribution < 1.29 is 23.1 Å². The maximum atomic E-state index is 13.4. The summed E-state index contributed by atoms with van der Waals surface area (Å²) in [5, 5.41) is 5.39. The summed E-state index contributed by atoms with van der Waals surface area (Å²) < 4.78 is 23.6. The van der Waals surface area contributed by atoms with Crippen LogP contribution in [0.25, 0.3) is 0 Å². The molecular weight excluding hydrogens is 351 g/mol. The zero-order valence-corrected chi connectivity index (χ0v) is 14.3. The van der Waals surface area contributed by atoms with Crippen molar-refractivity contribution in [3.05, 3.63) is 84.1 Å². The molecule has 0 radical (unpaired) electrons. The Balaban J connectivity index is 1.45. The number of carbonyl (C=O) groups excluding carboxylic acids is 2. The van der Waals surface area contributed by atoms with E-state index in [1.54, 1.807) is 48.5 Å². The maximum absolute atomic E-state index is 13.4. The minimum Gasteiger partial charge on any atom is -0.481 e. The van der Waals surface area contributed by atoms with Crippen molar-refractivity contribution >= 4 is 17.5 Å². The van der Waals surface area contributed by atoms with E-state index in [1.807, 2.05) is 0 Å². The number of benzene rings is 2. The zero-order chi connectivity index (χ0) is 19.1. The molecule has 1 heterocycles. The van der Waals surface area contributed by atoms with Crippen molar-refractivity contribution in [3.8, 4) is 5.75 Å². The van der Waals surface area contributed by atoms with Crippen LogP contribution in [0.2, 0.25) is 0 Å². The molecule has 1 aromatic heterocycles. The predicted octanol–water partition coefficient (Wildman–Crippen LogP) is 3.37. The lowest BCUT2D eigenvalue weighted by molar-refractivity contribution is -0.123. The van der Waals surface area contributed by atoms with Crippen LogP contribution >= 0.6 is 0 Å². The van der Waals surface area contributed by atoms with Crippen LogP contribution in [0.3, 0.4) is 0 Å². The predicted molar refractivity (Wildman–Crippen MR) is 96.8 cm³/mol. The van der Waals surface area contributed by atoms with E-state index < -0.39 is 5.82 Å². The molecule has 0 aliphatic carbocycles. The molecule has 3 aromatic rings. The summed E-state index contributed by atoms with van der Waals surface area (Å²) in [5.41, 5.74) is 1.44. The first-order chi connectivity index (χ1) is 13.1. The highest BCUT2D eigenvalue weighted by Crippen LogP contribution is 2.15. The van der Waals surface area contributed by atoms with E-state index in [0.29, 0.717) is 5.69 Å². The van der Waals surface area contributed by atoms with Gasteiger partial charge in [-0.2, -0.15) is 0 Å². The Bertz CT molecular complexity index is 908. The third-order valence-corrected chi connectivity index (χ3v) is 3.64. The number of amides is 2. The zero-order valence-electron chi connectivity index (χ0n) is 14.3. The lowest BCUT2D eigenvalue weighted by Gasteiger charge is -2.09. The van der Waals surface area contributed by atoms with Gasteiger partial charge in [0.15, 0.2) is 23.9 Å². The molecule has 27 heavy (non-hydrogen) atoms. The third kappa shape index (κ3) is 5.18. The average molecular weight is 368 g/mol. The molecule has 3 rings (SSSR count). The van der Waals surface area contributed by atoms with Gasteiger partial charge in [0.2, 0.25) is 0 Å². The number of carbonyl (C=O) groups is 2. The average Bonchev–Trinajstić information content (AvgIpc) is 3.22. The van der Waals surface area contributed by atoms with Gasteiger partial charge in [-0.1, -0.05) is 24.3 Å². The van der Waals surface area contributed by atoms with Crippen molar-refractivity contribution in [1.29, 1.82) is 0 Å². The fraction of sp³-hybridized carbons (Fsp3) is 0.100. The van der Waals surface area contributed by atoms with Crippen LogP contribution in [-0.2, 0) is 11.3 Å². The summed E-state index contributed by atoms with van der Waals surface area (Å²) >= 11 is 0. The molecule has 0 saturated carbocycles. The monoisotopic (exact) mass is 368 g/mol. The summed E-state index contributed by atoms with van der Waals surface area (Å²) in [7, 11) is 0. The summed E-state index contributed by atoms with van der Waals surface area (Å²) in [6.07, 6.45) is 1.43. The Morgan fingerprint density at radius 2 is 1.78 bits per heavy atom. The van der Waals surface area contributed by atoms with Crippen LogP contribution in [0, 0.1) is 5.82 Å². The molecule has 0 fully saturated rings. The number of ether oxygens (including phenoxy) is 1. The van der Waals surface area contributed by atoms with Crippen LogP contribution < -0.4 is 15.4 Å². The van der Waals surface area contributed by atoms with Crippen molar-refractivity contribution in [3.63, 3.8) is 0 Å². The molecule has 0 unspecified atom stereocenters. The minimum atomic E-state index is -0.516. The van der Waals surface area contributed by atoms with Gasteiger partial charge in [-0.15, -0.1) is 0 Å². The molecular formula is C20H17FN2O4. The molecule has 2 amide bonds. The van der Waals surface area contributed by atoms with Crippen molar-refractivity contribution in [1.82, 2.24) is 5.32 Å². The Kier molecular flexibility index (Phi) is 5.84. The largest absolute Gasteiger partial charge is 0.481 e. The van der Waals surface area contributed by atoms with E-state index >= 15 is 0 Å². The number of rotatable bonds is 7. The molecule has 7 heteroatoms. The van der Waals surface area contributed by atoms with Crippen LogP contribution in [0.15, 0.2) is 71.3 Å². The second-order valence-electron chi connectivity index (χ2n) is 5.62. The lowest BCUT2D eigenvalue weighted by Crippen LogP contribution is -2.28. The van der Waals surface area contributed by atoms with Crippen LogP contribution in [0.1, 0.15) is 16.1 Å². The summed E-state index contributed by atoms with van der Waals surface area (Å²) in [5.74, 6) is -0.970. The fourth-order valence-corrected chi connectivity index (χ4v) is 2.26. The summed E-state index contributed by atoms with van der Waals surface area (Å²) in [6.45, 7) is 0.00406. The van der Waals surface area contributed by atoms with Gasteiger partial charge in [0.1, 0.15) is 0 Å². The van der Waals surface area contributed by atoms with Gasteiger partial charge in [-0.25, -0.2) is 4.39 Å². The molecule has 0 aliphatic rings. The first kappa shape index (κ1) is 18.2. The number of hydrogen-bond donors (Lipinski definition) is 2. The second-order valence-corrected chi connectivity index (χ2v) is 5.62. The van der Waals surface area contributed by atoms with Crippen molar-refractivity contribution in [2.45, 2.75) is 6.54 Å². The highest BCUT2D eigenvalue weighted by atomic mass is 19.1. The Hall–Kier alpha value is -3.61. The van der Waals surface area contributed by atoms with E-state index in [4.69, 9.17) is 9.15 Å². The number of anilines is 1. The minimum absolute atomic E-state index is 0.0318. The van der Waals surface area contributed by atoms with E-state index in [0.717, 1.165) is 5.56 Å². The first-order valence-corrected chi connectivity index (χ1v) is 8.19. The van der Waals surface area contributed by atoms with Crippen molar-refractivity contribution in [2.24, 2.45) is 0 Å². The Morgan fingerprint density at radius 1 is 1.00 bits per heavy atom. The van der Waals surface area contributed by atoms with Crippen LogP contribution in [-0.4, -0.2) is 18.4 Å². The molecule has 138 valence electrons. The fourth-order valence-electron chi connectivity index (χ4n) is 2.26. The van der Waals surface area contributed by atoms with Gasteiger partial charge >= 0.3 is 0 Å². The Labute approximate surface area is 155 Å². The van der Waals surface area contributed by atoms with Crippen LogP contribution in [0.4, 0.5) is 10.1 Å². The lowest BCUT2D eigenvalue weighted by atomic mass is 10.2. The smallest absolute Gasteiger partial charge is 0.291 e. The number of furan rings is 1. The van der Waals surface area contributed by atoms with E-state index in [9.17, 15) is 14.0 Å². The van der Waals surface area contributed by atoms with E-state index in [-0.39, 0.29) is 36.5 Å². The molecule has 0 spiro atoms. The molecule has 0 aliphatic heterocycles. The van der Waals surface area contributed by atoms with Gasteiger partial charge in [-0.05, 0) is 42.0 Å². The number of halogens is 1. The molecule has 0 atom stereocenters. The standard InChI is InChI=1S/C20H17FN2O4/c21-16-4-1-2-5-17(16)27-13-19(24)22-12-14-7-9-15(10-8-14)23-20(25)18-6-3-11-26-18/h1-11H,12-13H2,(H,22,24)(H,23,25). The normalized spacial score (nSPS) is 10.3. The van der Waals surface area contributed by atoms with E-state index in [2.05, 4.69) is 10.6 Å². The summed E-state index contributed by atoms with van der Waals surface area (Å²) in [6, 6.07) is 16.1. The van der Waals surface area contributed by atoms with Gasteiger partial charge < -0.3 is 19.8 Å². The molecule has 0 bridgehead atoms. The molecule has 2 N–H and O–H groups in total. The maximum Gasteiger partial charge on any atom is 0.291 e. The first-order valence-electron chi connectivity index (χ1n) is 8.19. The highest BCUT2D eigenvalue weighted by molar-refractivity contribution is 6.02. The van der Waals surface area contributed by atoms with Crippen molar-refractivity contribution in [2.75, 3.05) is 11.9 Å².